The maximum absolute atomic E-state index is 12.2. The van der Waals surface area contributed by atoms with Gasteiger partial charge in [0, 0.05) is 25.1 Å². The third-order valence-electron chi connectivity index (χ3n) is 4.74. The van der Waals surface area contributed by atoms with Crippen LogP contribution in [0.25, 0.3) is 0 Å². The fourth-order valence-electron chi connectivity index (χ4n) is 3.24. The highest BCUT2D eigenvalue weighted by Gasteiger charge is 2.23. The molecule has 1 saturated heterocycles. The van der Waals surface area contributed by atoms with E-state index in [1.807, 2.05) is 6.07 Å². The summed E-state index contributed by atoms with van der Waals surface area (Å²) in [5.41, 5.74) is 0. The van der Waals surface area contributed by atoms with Gasteiger partial charge >= 0.3 is 0 Å². The molecule has 2 heterocycles. The highest BCUT2D eigenvalue weighted by Crippen LogP contribution is 2.26. The Kier molecular flexibility index (Phi) is 4.36. The van der Waals surface area contributed by atoms with Crippen molar-refractivity contribution in [3.05, 3.63) is 12.4 Å². The lowest BCUT2D eigenvalue weighted by Gasteiger charge is -2.31. The van der Waals surface area contributed by atoms with Crippen LogP contribution in [-0.2, 0) is 4.79 Å². The van der Waals surface area contributed by atoms with Gasteiger partial charge in [0.1, 0.15) is 18.0 Å². The van der Waals surface area contributed by atoms with E-state index < -0.39 is 0 Å². The van der Waals surface area contributed by atoms with E-state index in [9.17, 15) is 4.79 Å². The van der Waals surface area contributed by atoms with Gasteiger partial charge in [0.2, 0.25) is 5.91 Å². The third kappa shape index (κ3) is 3.52. The Bertz CT molecular complexity index is 491. The molecule has 1 aromatic rings. The van der Waals surface area contributed by atoms with E-state index in [0.29, 0.717) is 5.82 Å². The van der Waals surface area contributed by atoms with Crippen molar-refractivity contribution in [2.45, 2.75) is 45.4 Å². The van der Waals surface area contributed by atoms with Gasteiger partial charge in [-0.2, -0.15) is 0 Å². The number of nitrogens with zero attached hydrogens (tertiary/aromatic N) is 3. The summed E-state index contributed by atoms with van der Waals surface area (Å²) in [6.07, 6.45) is 8.30. The van der Waals surface area contributed by atoms with Gasteiger partial charge in [-0.05, 0) is 31.6 Å². The molecule has 1 aliphatic heterocycles. The minimum atomic E-state index is 0.115. The lowest BCUT2D eigenvalue weighted by atomic mass is 9.99. The second-order valence-electron chi connectivity index (χ2n) is 6.40. The molecule has 0 radical (unpaired) electrons. The van der Waals surface area contributed by atoms with Crippen molar-refractivity contribution >= 4 is 17.5 Å². The summed E-state index contributed by atoms with van der Waals surface area (Å²) >= 11 is 0. The van der Waals surface area contributed by atoms with Crippen molar-refractivity contribution in [2.24, 2.45) is 11.8 Å². The molecule has 2 aliphatic rings. The van der Waals surface area contributed by atoms with Gasteiger partial charge in [0.05, 0.1) is 0 Å². The van der Waals surface area contributed by atoms with Crippen LogP contribution >= 0.6 is 0 Å². The van der Waals surface area contributed by atoms with Crippen LogP contribution in [0.15, 0.2) is 12.4 Å². The van der Waals surface area contributed by atoms with Crippen LogP contribution in [0.5, 0.6) is 0 Å². The molecule has 0 unspecified atom stereocenters. The van der Waals surface area contributed by atoms with Crippen molar-refractivity contribution in [1.29, 1.82) is 0 Å². The van der Waals surface area contributed by atoms with E-state index in [1.165, 1.54) is 25.7 Å². The molecular formula is C16H24N4O. The summed E-state index contributed by atoms with van der Waals surface area (Å²) < 4.78 is 0. The standard InChI is InChI=1S/C16H24N4O/c1-12-6-8-20(9-7-12)15-10-14(17-11-18-15)19-16(21)13-4-2-3-5-13/h10-13H,2-9H2,1H3,(H,17,18,19,21). The van der Waals surface area contributed by atoms with E-state index in [1.54, 1.807) is 6.33 Å². The average Bonchev–Trinajstić information content (AvgIpc) is 3.02. The van der Waals surface area contributed by atoms with E-state index >= 15 is 0 Å². The topological polar surface area (TPSA) is 58.1 Å². The molecule has 0 spiro atoms. The Morgan fingerprint density at radius 1 is 1.19 bits per heavy atom. The highest BCUT2D eigenvalue weighted by atomic mass is 16.1. The Morgan fingerprint density at radius 2 is 1.90 bits per heavy atom. The molecule has 5 nitrogen and oxygen atoms in total. The maximum atomic E-state index is 12.2. The van der Waals surface area contributed by atoms with Crippen molar-refractivity contribution in [2.75, 3.05) is 23.3 Å². The van der Waals surface area contributed by atoms with E-state index in [2.05, 4.69) is 27.1 Å². The van der Waals surface area contributed by atoms with Gasteiger partial charge in [0.25, 0.3) is 0 Å². The lowest BCUT2D eigenvalue weighted by molar-refractivity contribution is -0.119. The molecule has 2 fully saturated rings. The molecule has 1 amide bonds. The van der Waals surface area contributed by atoms with E-state index in [0.717, 1.165) is 37.7 Å². The summed E-state index contributed by atoms with van der Waals surface area (Å²) in [7, 11) is 0. The lowest BCUT2D eigenvalue weighted by Crippen LogP contribution is -2.33. The van der Waals surface area contributed by atoms with Crippen molar-refractivity contribution in [3.8, 4) is 0 Å². The Hall–Kier alpha value is -1.65. The van der Waals surface area contributed by atoms with E-state index in [-0.39, 0.29) is 11.8 Å². The molecule has 0 bridgehead atoms. The molecule has 0 atom stereocenters. The molecule has 5 heteroatoms. The first-order chi connectivity index (χ1) is 10.2. The number of anilines is 2. The smallest absolute Gasteiger partial charge is 0.228 e. The highest BCUT2D eigenvalue weighted by molar-refractivity contribution is 5.92. The number of hydrogen-bond donors (Lipinski definition) is 1. The summed E-state index contributed by atoms with van der Waals surface area (Å²) in [5, 5.41) is 2.96. The number of carbonyl (C=O) groups is 1. The first kappa shape index (κ1) is 14.3. The fraction of sp³-hybridized carbons (Fsp3) is 0.688. The molecule has 1 N–H and O–H groups in total. The predicted molar refractivity (Wildman–Crippen MR) is 83.2 cm³/mol. The molecular weight excluding hydrogens is 264 g/mol. The third-order valence-corrected chi connectivity index (χ3v) is 4.74. The first-order valence-electron chi connectivity index (χ1n) is 8.10. The number of piperidine rings is 1. The van der Waals surface area contributed by atoms with Crippen molar-refractivity contribution in [1.82, 2.24) is 9.97 Å². The zero-order chi connectivity index (χ0) is 14.7. The second kappa shape index (κ2) is 6.41. The van der Waals surface area contributed by atoms with Crippen LogP contribution in [0.1, 0.15) is 45.4 Å². The van der Waals surface area contributed by atoms with Crippen molar-refractivity contribution in [3.63, 3.8) is 0 Å². The zero-order valence-electron chi connectivity index (χ0n) is 12.7. The summed E-state index contributed by atoms with van der Waals surface area (Å²) in [6, 6.07) is 1.91. The SMILES string of the molecule is CC1CCN(c2cc(NC(=O)C3CCCC3)ncn2)CC1. The van der Waals surface area contributed by atoms with Crippen molar-refractivity contribution < 1.29 is 4.79 Å². The van der Waals surface area contributed by atoms with Crippen LogP contribution in [0, 0.1) is 11.8 Å². The van der Waals surface area contributed by atoms with Crippen LogP contribution in [-0.4, -0.2) is 29.0 Å². The van der Waals surface area contributed by atoms with Gasteiger partial charge in [-0.1, -0.05) is 19.8 Å². The maximum Gasteiger partial charge on any atom is 0.228 e. The quantitative estimate of drug-likeness (QED) is 0.929. The van der Waals surface area contributed by atoms with Crippen LogP contribution < -0.4 is 10.2 Å². The Morgan fingerprint density at radius 3 is 2.62 bits per heavy atom. The number of rotatable bonds is 3. The molecule has 1 aliphatic carbocycles. The first-order valence-corrected chi connectivity index (χ1v) is 8.10. The van der Waals surface area contributed by atoms with Crippen LogP contribution in [0.2, 0.25) is 0 Å². The minimum Gasteiger partial charge on any atom is -0.356 e. The van der Waals surface area contributed by atoms with Gasteiger partial charge in [-0.3, -0.25) is 4.79 Å². The molecule has 3 rings (SSSR count). The summed E-state index contributed by atoms with van der Waals surface area (Å²) in [4.78, 5) is 23.0. The normalized spacial score (nSPS) is 20.7. The molecule has 114 valence electrons. The predicted octanol–water partition coefficient (Wildman–Crippen LogP) is 2.84. The van der Waals surface area contributed by atoms with E-state index in [4.69, 9.17) is 0 Å². The monoisotopic (exact) mass is 288 g/mol. The molecule has 1 saturated carbocycles. The second-order valence-corrected chi connectivity index (χ2v) is 6.40. The molecule has 0 aromatic carbocycles. The number of aromatic nitrogens is 2. The minimum absolute atomic E-state index is 0.115. The van der Waals surface area contributed by atoms with Crippen LogP contribution in [0.4, 0.5) is 11.6 Å². The summed E-state index contributed by atoms with van der Waals surface area (Å²) in [5.74, 6) is 2.64. The van der Waals surface area contributed by atoms with Gasteiger partial charge in [-0.25, -0.2) is 9.97 Å². The number of hydrogen-bond acceptors (Lipinski definition) is 4. The Labute approximate surface area is 126 Å². The van der Waals surface area contributed by atoms with Gasteiger partial charge < -0.3 is 10.2 Å². The number of carbonyl (C=O) groups excluding carboxylic acids is 1. The molecule has 1 aromatic heterocycles. The van der Waals surface area contributed by atoms with Gasteiger partial charge in [0.15, 0.2) is 0 Å². The fourth-order valence-corrected chi connectivity index (χ4v) is 3.24. The summed E-state index contributed by atoms with van der Waals surface area (Å²) in [6.45, 7) is 4.37. The van der Waals surface area contributed by atoms with Crippen LogP contribution in [0.3, 0.4) is 0 Å². The average molecular weight is 288 g/mol. The Balaban J connectivity index is 1.64. The number of amides is 1. The zero-order valence-corrected chi connectivity index (χ0v) is 12.7. The molecule has 21 heavy (non-hydrogen) atoms. The number of nitrogens with one attached hydrogen (secondary N) is 1. The van der Waals surface area contributed by atoms with Gasteiger partial charge in [-0.15, -0.1) is 0 Å². The largest absolute Gasteiger partial charge is 0.356 e.